The number of aliphatic imine (C=N–C) groups is 1. The summed E-state index contributed by atoms with van der Waals surface area (Å²) in [6, 6.07) is 6.18. The van der Waals surface area contributed by atoms with Gasteiger partial charge in [0.1, 0.15) is 0 Å². The summed E-state index contributed by atoms with van der Waals surface area (Å²) in [5, 5.41) is 11.3. The third-order valence-corrected chi connectivity index (χ3v) is 7.98. The lowest BCUT2D eigenvalue weighted by molar-refractivity contribution is -0.125. The van der Waals surface area contributed by atoms with E-state index in [0.29, 0.717) is 43.9 Å². The molecule has 0 fully saturated rings. The Morgan fingerprint density at radius 2 is 1.69 bits per heavy atom. The highest BCUT2D eigenvalue weighted by Gasteiger charge is 2.29. The van der Waals surface area contributed by atoms with Gasteiger partial charge >= 0.3 is 0 Å². The van der Waals surface area contributed by atoms with Gasteiger partial charge in [0, 0.05) is 31.8 Å². The fourth-order valence-electron chi connectivity index (χ4n) is 4.81. The van der Waals surface area contributed by atoms with E-state index in [9.17, 15) is 9.90 Å². The average Bonchev–Trinajstić information content (AvgIpc) is 2.87. The quantitative estimate of drug-likeness (QED) is 0.164. The predicted molar refractivity (Wildman–Crippen MR) is 161 cm³/mol. The van der Waals surface area contributed by atoms with Crippen LogP contribution in [0.5, 0.6) is 11.5 Å². The number of primary amides is 1. The van der Waals surface area contributed by atoms with Gasteiger partial charge in [0.05, 0.1) is 31.8 Å². The number of benzene rings is 1. The Hall–Kier alpha value is -2.12. The van der Waals surface area contributed by atoms with Crippen LogP contribution in [0.3, 0.4) is 0 Å². The summed E-state index contributed by atoms with van der Waals surface area (Å²) in [7, 11) is 3.35. The van der Waals surface area contributed by atoms with Crippen molar-refractivity contribution >= 4 is 11.6 Å². The topological polar surface area (TPSA) is 103 Å². The third kappa shape index (κ3) is 11.9. The number of nitrogens with zero attached hydrogens (tertiary/aromatic N) is 1. The van der Waals surface area contributed by atoms with Crippen LogP contribution in [0.15, 0.2) is 23.2 Å². The van der Waals surface area contributed by atoms with Crippen LogP contribution in [0.1, 0.15) is 80.2 Å². The van der Waals surface area contributed by atoms with E-state index < -0.39 is 11.5 Å². The van der Waals surface area contributed by atoms with Crippen LogP contribution in [-0.4, -0.2) is 56.8 Å². The molecule has 1 aromatic carbocycles. The Kier molecular flexibility index (Phi) is 15.1. The molecular weight excluding hydrogens is 492 g/mol. The van der Waals surface area contributed by atoms with Crippen LogP contribution in [0.25, 0.3) is 0 Å². The summed E-state index contributed by atoms with van der Waals surface area (Å²) in [5.41, 5.74) is 7.02. The van der Waals surface area contributed by atoms with E-state index in [1.54, 1.807) is 14.2 Å². The highest BCUT2D eigenvalue weighted by atomic mass is 16.5. The first-order valence-corrected chi connectivity index (χ1v) is 14.5. The number of methoxy groups -OCH3 is 2. The number of ether oxygens (including phenoxy) is 3. The van der Waals surface area contributed by atoms with Crippen LogP contribution in [0.4, 0.5) is 0 Å². The summed E-state index contributed by atoms with van der Waals surface area (Å²) in [4.78, 5) is 16.4. The molecule has 7 nitrogen and oxygen atoms in total. The zero-order chi connectivity index (χ0) is 29.8. The van der Waals surface area contributed by atoms with E-state index >= 15 is 0 Å². The van der Waals surface area contributed by atoms with E-state index in [0.717, 1.165) is 36.5 Å². The van der Waals surface area contributed by atoms with Crippen molar-refractivity contribution in [2.45, 2.75) is 87.2 Å². The number of carbonyl (C=O) groups excluding carboxylic acids is 1. The van der Waals surface area contributed by atoms with Crippen molar-refractivity contribution in [1.82, 2.24) is 0 Å². The number of hydrogen-bond acceptors (Lipinski definition) is 6. The number of aliphatic hydroxyl groups excluding tert-OH is 1. The van der Waals surface area contributed by atoms with Gasteiger partial charge in [-0.15, -0.1) is 0 Å². The number of amides is 1. The predicted octanol–water partition coefficient (Wildman–Crippen LogP) is 5.95. The van der Waals surface area contributed by atoms with Crippen molar-refractivity contribution in [2.24, 2.45) is 45.7 Å². The highest BCUT2D eigenvalue weighted by Crippen LogP contribution is 2.33. The van der Waals surface area contributed by atoms with Crippen LogP contribution in [0.2, 0.25) is 0 Å². The van der Waals surface area contributed by atoms with Crippen molar-refractivity contribution in [3.63, 3.8) is 0 Å². The Bertz CT molecular complexity index is 897. The molecule has 0 aromatic heterocycles. The van der Waals surface area contributed by atoms with Gasteiger partial charge in [-0.2, -0.15) is 0 Å². The fourth-order valence-corrected chi connectivity index (χ4v) is 4.81. The van der Waals surface area contributed by atoms with Gasteiger partial charge < -0.3 is 25.1 Å². The van der Waals surface area contributed by atoms with Crippen LogP contribution in [-0.2, 0) is 16.0 Å². The molecule has 7 heteroatoms. The molecular formula is C32H56N2O5. The van der Waals surface area contributed by atoms with Gasteiger partial charge in [-0.1, -0.05) is 40.7 Å². The second-order valence-corrected chi connectivity index (χ2v) is 12.5. The normalized spacial score (nSPS) is 15.8. The highest BCUT2D eigenvalue weighted by molar-refractivity contribution is 5.85. The molecule has 0 saturated heterocycles. The number of nitrogens with two attached hydrogens (primary N) is 1. The van der Waals surface area contributed by atoms with Crippen LogP contribution in [0, 0.1) is 35.0 Å². The minimum absolute atomic E-state index is 0.136. The molecule has 0 spiro atoms. The van der Waals surface area contributed by atoms with Gasteiger partial charge in [-0.25, -0.2) is 0 Å². The van der Waals surface area contributed by atoms with Crippen molar-refractivity contribution < 1.29 is 24.1 Å². The van der Waals surface area contributed by atoms with E-state index in [4.69, 9.17) is 24.9 Å². The maximum absolute atomic E-state index is 11.7. The van der Waals surface area contributed by atoms with Crippen LogP contribution >= 0.6 is 0 Å². The second kappa shape index (κ2) is 16.9. The molecule has 39 heavy (non-hydrogen) atoms. The van der Waals surface area contributed by atoms with Crippen molar-refractivity contribution in [3.8, 4) is 11.5 Å². The molecule has 4 atom stereocenters. The molecule has 0 saturated carbocycles. The minimum Gasteiger partial charge on any atom is -0.493 e. The van der Waals surface area contributed by atoms with E-state index in [1.807, 2.05) is 26.8 Å². The summed E-state index contributed by atoms with van der Waals surface area (Å²) in [6.07, 6.45) is 2.85. The molecule has 3 N–H and O–H groups in total. The van der Waals surface area contributed by atoms with Crippen molar-refractivity contribution in [1.29, 1.82) is 0 Å². The second-order valence-electron chi connectivity index (χ2n) is 12.5. The molecule has 1 aromatic rings. The summed E-state index contributed by atoms with van der Waals surface area (Å²) < 4.78 is 16.6. The smallest absolute Gasteiger partial charge is 0.224 e. The van der Waals surface area contributed by atoms with E-state index in [-0.39, 0.29) is 17.7 Å². The maximum atomic E-state index is 11.7. The van der Waals surface area contributed by atoms with Gasteiger partial charge in [0.2, 0.25) is 5.91 Å². The van der Waals surface area contributed by atoms with E-state index in [2.05, 4.69) is 46.8 Å². The molecule has 0 aliphatic rings. The van der Waals surface area contributed by atoms with Gasteiger partial charge in [-0.3, -0.25) is 9.79 Å². The zero-order valence-corrected chi connectivity index (χ0v) is 26.3. The number of aliphatic hydroxyl groups is 1. The Balaban J connectivity index is 2.92. The third-order valence-electron chi connectivity index (χ3n) is 7.98. The summed E-state index contributed by atoms with van der Waals surface area (Å²) >= 11 is 0. The lowest BCUT2D eigenvalue weighted by Gasteiger charge is -2.31. The van der Waals surface area contributed by atoms with Gasteiger partial charge in [-0.05, 0) is 81.4 Å². The lowest BCUT2D eigenvalue weighted by atomic mass is 9.77. The first kappa shape index (κ1) is 34.9. The first-order valence-electron chi connectivity index (χ1n) is 14.5. The Labute approximate surface area is 237 Å². The van der Waals surface area contributed by atoms with E-state index in [1.165, 1.54) is 5.56 Å². The van der Waals surface area contributed by atoms with Crippen LogP contribution < -0.4 is 15.2 Å². The van der Waals surface area contributed by atoms with Gasteiger partial charge in [0.15, 0.2) is 11.5 Å². The zero-order valence-electron chi connectivity index (χ0n) is 26.3. The molecule has 224 valence electrons. The monoisotopic (exact) mass is 548 g/mol. The Morgan fingerprint density at radius 3 is 2.23 bits per heavy atom. The molecule has 0 aliphatic carbocycles. The fraction of sp³-hybridized carbons (Fsp3) is 0.750. The number of carbonyl (C=O) groups is 1. The molecule has 0 bridgehead atoms. The molecule has 0 radical (unpaired) electrons. The average molecular weight is 549 g/mol. The number of hydrogen-bond donors (Lipinski definition) is 2. The molecule has 0 heterocycles. The lowest BCUT2D eigenvalue weighted by Crippen LogP contribution is -2.35. The standard InChI is InChI=1S/C32H56N2O5/c1-21(2)26(17-25-12-13-29(38-10)30(18-25)39-15-11-14-37-9)16-23(5)28(35)19-27(22(3)4)24(6)34-20-32(7,8)31(33)36/h12-13,18,21-23,26-28,35H,11,14-17,19-20H2,1-10H3,(H2,33,36). The Morgan fingerprint density at radius 1 is 1.03 bits per heavy atom. The summed E-state index contributed by atoms with van der Waals surface area (Å²) in [5.74, 6) is 2.62. The number of rotatable bonds is 19. The molecule has 4 unspecified atom stereocenters. The van der Waals surface area contributed by atoms with Crippen molar-refractivity contribution in [2.75, 3.05) is 34.0 Å². The molecule has 1 amide bonds. The first-order chi connectivity index (χ1) is 18.2. The summed E-state index contributed by atoms with van der Waals surface area (Å²) in [6.45, 7) is 18.2. The maximum Gasteiger partial charge on any atom is 0.224 e. The van der Waals surface area contributed by atoms with Gasteiger partial charge in [0.25, 0.3) is 0 Å². The largest absolute Gasteiger partial charge is 0.493 e. The van der Waals surface area contributed by atoms with Crippen molar-refractivity contribution in [3.05, 3.63) is 23.8 Å². The molecule has 0 aliphatic heterocycles. The minimum atomic E-state index is -0.685. The SMILES string of the molecule is COCCCOc1cc(CC(CC(C)C(O)CC(C(C)=NCC(C)(C)C(N)=O)C(C)C)C(C)C)ccc1OC. The molecule has 1 rings (SSSR count).